The second-order valence-electron chi connectivity index (χ2n) is 5.52. The summed E-state index contributed by atoms with van der Waals surface area (Å²) in [4.78, 5) is 15.8. The first-order valence-electron chi connectivity index (χ1n) is 7.05. The van der Waals surface area contributed by atoms with Crippen LogP contribution in [0.25, 0.3) is 0 Å². The second-order valence-corrected chi connectivity index (χ2v) is 5.88. The van der Waals surface area contributed by atoms with E-state index in [9.17, 15) is 4.79 Å². The van der Waals surface area contributed by atoms with E-state index < -0.39 is 0 Å². The number of rotatable bonds is 4. The van der Waals surface area contributed by atoms with Crippen LogP contribution in [0.3, 0.4) is 0 Å². The molecule has 1 amide bonds. The minimum absolute atomic E-state index is 0.123. The smallest absolute Gasteiger partial charge is 0.254 e. The summed E-state index contributed by atoms with van der Waals surface area (Å²) in [6, 6.07) is 3.43. The molecule has 0 bridgehead atoms. The predicted octanol–water partition coefficient (Wildman–Crippen LogP) is 3.68. The molecule has 0 aliphatic heterocycles. The molecule has 0 spiro atoms. The number of hydrogen-bond donors (Lipinski definition) is 1. The minimum atomic E-state index is -0.123. The molecule has 104 valence electrons. The van der Waals surface area contributed by atoms with Crippen LogP contribution in [0.4, 0.5) is 0 Å². The first kappa shape index (κ1) is 14.3. The maximum Gasteiger partial charge on any atom is 0.254 e. The zero-order valence-corrected chi connectivity index (χ0v) is 12.1. The van der Waals surface area contributed by atoms with Crippen molar-refractivity contribution in [2.45, 2.75) is 39.0 Å². The molecule has 1 aliphatic carbocycles. The number of carbonyl (C=O) groups is 1. The highest BCUT2D eigenvalue weighted by Gasteiger charge is 2.19. The number of aromatic nitrogens is 1. The summed E-state index contributed by atoms with van der Waals surface area (Å²) in [5.41, 5.74) is 0.459. The third-order valence-electron chi connectivity index (χ3n) is 3.89. The van der Waals surface area contributed by atoms with Gasteiger partial charge in [0.1, 0.15) is 5.15 Å². The number of hydrogen-bond acceptors (Lipinski definition) is 2. The fourth-order valence-electron chi connectivity index (χ4n) is 2.86. The first-order valence-corrected chi connectivity index (χ1v) is 7.43. The van der Waals surface area contributed by atoms with Crippen molar-refractivity contribution in [3.05, 3.63) is 29.0 Å². The summed E-state index contributed by atoms with van der Waals surface area (Å²) in [6.07, 6.45) is 7.93. The second kappa shape index (κ2) is 6.90. The molecule has 0 radical (unpaired) electrons. The molecular formula is C15H21ClN2O. The molecule has 0 aromatic carbocycles. The van der Waals surface area contributed by atoms with Crippen molar-refractivity contribution in [1.82, 2.24) is 10.3 Å². The van der Waals surface area contributed by atoms with Crippen molar-refractivity contribution in [2.75, 3.05) is 6.54 Å². The Bertz CT molecular complexity index is 436. The Morgan fingerprint density at radius 3 is 3.11 bits per heavy atom. The van der Waals surface area contributed by atoms with Gasteiger partial charge in [0.15, 0.2) is 0 Å². The lowest BCUT2D eigenvalue weighted by atomic mass is 9.81. The highest BCUT2D eigenvalue weighted by Crippen LogP contribution is 2.30. The Kier molecular flexibility index (Phi) is 5.20. The topological polar surface area (TPSA) is 42.0 Å². The summed E-state index contributed by atoms with van der Waals surface area (Å²) in [6.45, 7) is 3.04. The fourth-order valence-corrected chi connectivity index (χ4v) is 3.07. The lowest BCUT2D eigenvalue weighted by Gasteiger charge is -2.26. The molecule has 3 nitrogen and oxygen atoms in total. The Hall–Kier alpha value is -1.09. The molecule has 0 saturated heterocycles. The molecule has 19 heavy (non-hydrogen) atoms. The summed E-state index contributed by atoms with van der Waals surface area (Å²) in [5.74, 6) is 1.47. The van der Waals surface area contributed by atoms with E-state index in [0.717, 1.165) is 24.8 Å². The van der Waals surface area contributed by atoms with Gasteiger partial charge in [-0.25, -0.2) is 4.98 Å². The predicted molar refractivity (Wildman–Crippen MR) is 77.3 cm³/mol. The summed E-state index contributed by atoms with van der Waals surface area (Å²) >= 11 is 5.89. The number of halogens is 1. The Morgan fingerprint density at radius 2 is 2.37 bits per heavy atom. The van der Waals surface area contributed by atoms with Crippen molar-refractivity contribution in [3.63, 3.8) is 0 Å². The maximum absolute atomic E-state index is 11.9. The van der Waals surface area contributed by atoms with E-state index >= 15 is 0 Å². The van der Waals surface area contributed by atoms with Crippen LogP contribution in [-0.4, -0.2) is 17.4 Å². The Morgan fingerprint density at radius 1 is 1.53 bits per heavy atom. The van der Waals surface area contributed by atoms with Gasteiger partial charge >= 0.3 is 0 Å². The molecule has 1 saturated carbocycles. The van der Waals surface area contributed by atoms with Crippen LogP contribution < -0.4 is 5.32 Å². The molecule has 4 heteroatoms. The normalized spacial score (nSPS) is 23.1. The number of nitrogens with one attached hydrogen (secondary N) is 1. The van der Waals surface area contributed by atoms with Crippen molar-refractivity contribution in [3.8, 4) is 0 Å². The van der Waals surface area contributed by atoms with E-state index in [1.165, 1.54) is 25.7 Å². The minimum Gasteiger partial charge on any atom is -0.352 e. The van der Waals surface area contributed by atoms with E-state index in [1.54, 1.807) is 18.3 Å². The molecule has 1 aromatic rings. The van der Waals surface area contributed by atoms with Crippen LogP contribution >= 0.6 is 11.6 Å². The van der Waals surface area contributed by atoms with Crippen molar-refractivity contribution < 1.29 is 4.79 Å². The van der Waals surface area contributed by atoms with Crippen LogP contribution in [-0.2, 0) is 0 Å². The summed E-state index contributed by atoms with van der Waals surface area (Å²) in [7, 11) is 0. The van der Waals surface area contributed by atoms with E-state index in [-0.39, 0.29) is 11.1 Å². The lowest BCUT2D eigenvalue weighted by molar-refractivity contribution is 0.0949. The van der Waals surface area contributed by atoms with Crippen LogP contribution in [0.5, 0.6) is 0 Å². The maximum atomic E-state index is 11.9. The van der Waals surface area contributed by atoms with Crippen molar-refractivity contribution in [2.24, 2.45) is 11.8 Å². The van der Waals surface area contributed by atoms with Gasteiger partial charge in [-0.05, 0) is 36.8 Å². The van der Waals surface area contributed by atoms with Crippen LogP contribution in [0.15, 0.2) is 18.3 Å². The average Bonchev–Trinajstić information content (AvgIpc) is 2.39. The molecule has 1 aromatic heterocycles. The first-order chi connectivity index (χ1) is 9.16. The summed E-state index contributed by atoms with van der Waals surface area (Å²) < 4.78 is 0. The van der Waals surface area contributed by atoms with E-state index in [4.69, 9.17) is 11.6 Å². The largest absolute Gasteiger partial charge is 0.352 e. The standard InChI is InChI=1S/C15H21ClN2O/c1-11-4-2-5-12(10-11)7-9-18-15(19)13-6-3-8-17-14(13)16/h3,6,8,11-12H,2,4-5,7,9-10H2,1H3,(H,18,19). The SMILES string of the molecule is CC1CCCC(CCNC(=O)c2cccnc2Cl)C1. The molecule has 2 rings (SSSR count). The highest BCUT2D eigenvalue weighted by molar-refractivity contribution is 6.32. The molecule has 2 unspecified atom stereocenters. The lowest BCUT2D eigenvalue weighted by Crippen LogP contribution is -2.27. The van der Waals surface area contributed by atoms with Crippen molar-refractivity contribution >= 4 is 17.5 Å². The molecule has 1 aliphatic rings. The van der Waals surface area contributed by atoms with Gasteiger partial charge in [-0.15, -0.1) is 0 Å². The van der Waals surface area contributed by atoms with Gasteiger partial charge < -0.3 is 5.32 Å². The third-order valence-corrected chi connectivity index (χ3v) is 4.19. The van der Waals surface area contributed by atoms with E-state index in [1.807, 2.05) is 0 Å². The number of amides is 1. The quantitative estimate of drug-likeness (QED) is 0.855. The van der Waals surface area contributed by atoms with Crippen LogP contribution in [0, 0.1) is 11.8 Å². The molecule has 2 atom stereocenters. The Balaban J connectivity index is 1.76. The molecule has 1 heterocycles. The van der Waals surface area contributed by atoms with E-state index in [0.29, 0.717) is 5.56 Å². The van der Waals surface area contributed by atoms with Gasteiger partial charge in [0.25, 0.3) is 5.91 Å². The summed E-state index contributed by atoms with van der Waals surface area (Å²) in [5, 5.41) is 3.21. The number of carbonyl (C=O) groups excluding carboxylic acids is 1. The highest BCUT2D eigenvalue weighted by atomic mass is 35.5. The number of nitrogens with zero attached hydrogens (tertiary/aromatic N) is 1. The molecule has 1 N–H and O–H groups in total. The van der Waals surface area contributed by atoms with Gasteiger partial charge in [-0.1, -0.05) is 37.8 Å². The van der Waals surface area contributed by atoms with Crippen molar-refractivity contribution in [1.29, 1.82) is 0 Å². The zero-order valence-electron chi connectivity index (χ0n) is 11.4. The zero-order chi connectivity index (χ0) is 13.7. The third kappa shape index (κ3) is 4.20. The Labute approximate surface area is 119 Å². The van der Waals surface area contributed by atoms with Crippen LogP contribution in [0.2, 0.25) is 5.15 Å². The van der Waals surface area contributed by atoms with E-state index in [2.05, 4.69) is 17.2 Å². The van der Waals surface area contributed by atoms with Gasteiger partial charge in [0.05, 0.1) is 5.56 Å². The number of pyridine rings is 1. The average molecular weight is 281 g/mol. The van der Waals surface area contributed by atoms with Gasteiger partial charge in [-0.3, -0.25) is 4.79 Å². The molecule has 1 fully saturated rings. The monoisotopic (exact) mass is 280 g/mol. The van der Waals surface area contributed by atoms with Gasteiger partial charge in [0, 0.05) is 12.7 Å². The van der Waals surface area contributed by atoms with Gasteiger partial charge in [0.2, 0.25) is 0 Å². The fraction of sp³-hybridized carbons (Fsp3) is 0.600. The van der Waals surface area contributed by atoms with Gasteiger partial charge in [-0.2, -0.15) is 0 Å². The molecular weight excluding hydrogens is 260 g/mol. The van der Waals surface area contributed by atoms with Crippen LogP contribution in [0.1, 0.15) is 49.4 Å².